The third kappa shape index (κ3) is 11.9. The number of aromatic nitrogens is 1. The number of aromatic amines is 1. The van der Waals surface area contributed by atoms with Crippen LogP contribution in [0.5, 0.6) is 0 Å². The van der Waals surface area contributed by atoms with Crippen LogP contribution in [0.25, 0.3) is 0 Å². The van der Waals surface area contributed by atoms with E-state index >= 15 is 0 Å². The molecule has 1 rings (SSSR count). The molecule has 28 heavy (non-hydrogen) atoms. The van der Waals surface area contributed by atoms with E-state index in [1.807, 2.05) is 12.3 Å². The molecule has 160 valence electrons. The topological polar surface area (TPSA) is 31.2 Å². The molecule has 1 aromatic heterocycles. The maximum absolute atomic E-state index is 11.6. The van der Waals surface area contributed by atoms with Crippen molar-refractivity contribution in [3.05, 3.63) is 23.5 Å². The lowest BCUT2D eigenvalue weighted by atomic mass is 10.00. The lowest BCUT2D eigenvalue weighted by Crippen LogP contribution is -2.20. The van der Waals surface area contributed by atoms with E-state index in [1.165, 1.54) is 114 Å². The van der Waals surface area contributed by atoms with E-state index < -0.39 is 0 Å². The summed E-state index contributed by atoms with van der Waals surface area (Å²) in [6.07, 6.45) is 25.7. The molecule has 0 amide bonds. The van der Waals surface area contributed by atoms with Crippen LogP contribution in [-0.2, 0) is 17.4 Å². The van der Waals surface area contributed by atoms with Gasteiger partial charge in [0.05, 0.1) is 5.30 Å². The highest BCUT2D eigenvalue weighted by Crippen LogP contribution is 2.16. The van der Waals surface area contributed by atoms with E-state index in [0.717, 1.165) is 18.1 Å². The van der Waals surface area contributed by atoms with Crippen LogP contribution in [0.15, 0.2) is 12.3 Å². The fourth-order valence-electron chi connectivity index (χ4n) is 4.02. The number of rotatable bonds is 19. The third-order valence-electron chi connectivity index (χ3n) is 5.83. The summed E-state index contributed by atoms with van der Waals surface area (Å²) >= 11 is 0. The predicted molar refractivity (Wildman–Crippen MR) is 123 cm³/mol. The Bertz CT molecular complexity index is 503. The van der Waals surface area contributed by atoms with Crippen molar-refractivity contribution in [2.24, 2.45) is 0 Å². The van der Waals surface area contributed by atoms with E-state index in [4.69, 9.17) is 0 Å². The van der Waals surface area contributed by atoms with Gasteiger partial charge in [0.25, 0.3) is 0 Å². The van der Waals surface area contributed by atoms with Crippen molar-refractivity contribution >= 4 is 13.8 Å². The summed E-state index contributed by atoms with van der Waals surface area (Å²) < 4.78 is 11.6. The predicted octanol–water partition coefficient (Wildman–Crippen LogP) is 7.78. The Morgan fingerprint density at radius 2 is 1.14 bits per heavy atom. The average molecular weight is 407 g/mol. The number of aryl methyl sites for hydroxylation is 1. The molecule has 0 aliphatic carbocycles. The lowest BCUT2D eigenvalue weighted by molar-refractivity contribution is -0.390. The summed E-state index contributed by atoms with van der Waals surface area (Å²) in [7, 11) is 0.172. The molecule has 0 radical (unpaired) electrons. The van der Waals surface area contributed by atoms with Gasteiger partial charge in [-0.15, -0.1) is 0 Å². The number of H-pyrrole nitrogens is 1. The van der Waals surface area contributed by atoms with Gasteiger partial charge in [0.15, 0.2) is 20.4 Å². The van der Waals surface area contributed by atoms with Crippen LogP contribution >= 0.6 is 8.46 Å². The highest BCUT2D eigenvalue weighted by molar-refractivity contribution is 7.34. The molecule has 0 aliphatic heterocycles. The number of unbranched alkanes of at least 4 members (excludes halogenated alkanes) is 14. The Labute approximate surface area is 176 Å². The number of hydrogen-bond donors (Lipinski definition) is 0. The normalized spacial score (nSPS) is 11.4. The minimum Gasteiger partial charge on any atom is -0.269 e. The van der Waals surface area contributed by atoms with Crippen LogP contribution in [-0.4, -0.2) is 0 Å². The van der Waals surface area contributed by atoms with Crippen LogP contribution in [0.2, 0.25) is 0 Å². The maximum Gasteiger partial charge on any atom is 0.193 e. The fourth-order valence-corrected chi connectivity index (χ4v) is 4.51. The Hall–Kier alpha value is -0.750. The average Bonchev–Trinajstić information content (AvgIpc) is 2.72. The van der Waals surface area contributed by atoms with E-state index in [0.29, 0.717) is 0 Å². The number of hydrogen-bond acceptors (Lipinski definition) is 1. The Balaban J connectivity index is 2.30. The summed E-state index contributed by atoms with van der Waals surface area (Å²) in [6.45, 7) is 4.55. The first-order valence-corrected chi connectivity index (χ1v) is 13.0. The molecular formula is C25H45NOP+. The molecule has 3 heteroatoms. The van der Waals surface area contributed by atoms with Crippen molar-refractivity contribution < 1.29 is 9.55 Å². The van der Waals surface area contributed by atoms with E-state index in [1.54, 1.807) is 0 Å². The molecule has 0 saturated carbocycles. The second kappa shape index (κ2) is 18.3. The first-order valence-electron chi connectivity index (χ1n) is 12.2. The third-order valence-corrected chi connectivity index (χ3v) is 6.45. The molecule has 0 saturated heterocycles. The number of pyridine rings is 1. The van der Waals surface area contributed by atoms with Gasteiger partial charge in [-0.2, -0.15) is 0 Å². The van der Waals surface area contributed by atoms with Crippen molar-refractivity contribution in [3.63, 3.8) is 0 Å². The van der Waals surface area contributed by atoms with Crippen LogP contribution in [0, 0.1) is 0 Å². The summed E-state index contributed by atoms with van der Waals surface area (Å²) in [6, 6.07) is 1.99. The van der Waals surface area contributed by atoms with Crippen molar-refractivity contribution in [3.8, 4) is 0 Å². The zero-order valence-electron chi connectivity index (χ0n) is 18.7. The van der Waals surface area contributed by atoms with Crippen LogP contribution in [0.3, 0.4) is 0 Å². The molecule has 0 aliphatic rings. The highest BCUT2D eigenvalue weighted by Gasteiger charge is 2.14. The van der Waals surface area contributed by atoms with Gasteiger partial charge < -0.3 is 0 Å². The largest absolute Gasteiger partial charge is 0.269 e. The smallest absolute Gasteiger partial charge is 0.193 e. The quantitative estimate of drug-likeness (QED) is 0.170. The molecule has 2 nitrogen and oxygen atoms in total. The summed E-state index contributed by atoms with van der Waals surface area (Å²) in [5.74, 6) is 0. The van der Waals surface area contributed by atoms with Gasteiger partial charge in [-0.05, 0) is 19.3 Å². The van der Waals surface area contributed by atoms with Crippen molar-refractivity contribution in [2.75, 3.05) is 0 Å². The first kappa shape index (κ1) is 25.3. The minimum absolute atomic E-state index is 0.172. The molecule has 0 atom stereocenters. The zero-order valence-corrected chi connectivity index (χ0v) is 19.6. The van der Waals surface area contributed by atoms with E-state index in [9.17, 15) is 4.57 Å². The summed E-state index contributed by atoms with van der Waals surface area (Å²) in [5.41, 5.74) is 2.66. The van der Waals surface area contributed by atoms with Gasteiger partial charge in [-0.25, -0.2) is 4.98 Å². The lowest BCUT2D eigenvalue weighted by Gasteiger charge is -2.07. The van der Waals surface area contributed by atoms with Gasteiger partial charge in [0.2, 0.25) is 0 Å². The molecular weight excluding hydrogens is 361 g/mol. The van der Waals surface area contributed by atoms with Gasteiger partial charge in [-0.3, -0.25) is 4.57 Å². The zero-order chi connectivity index (χ0) is 20.3. The summed E-state index contributed by atoms with van der Waals surface area (Å²) in [5, 5.41) is 0.997. The van der Waals surface area contributed by atoms with E-state index in [2.05, 4.69) is 18.8 Å². The SMILES string of the molecule is CCCCCCCCCCc1[nH+]ccc(P=O)c1CCCCCCCCCC. The van der Waals surface area contributed by atoms with E-state index in [-0.39, 0.29) is 8.46 Å². The molecule has 0 bridgehead atoms. The first-order chi connectivity index (χ1) is 13.8. The fraction of sp³-hybridized carbons (Fsp3) is 0.800. The standard InChI is InChI=1S/C25H44NOP/c1-3-5-7-9-11-13-15-17-19-23-24(26-22-21-25(23)28-27)20-18-16-14-12-10-8-6-4-2/h21-22H,3-20H2,1-2H3/p+1. The second-order valence-electron chi connectivity index (χ2n) is 8.36. The molecule has 0 fully saturated rings. The van der Waals surface area contributed by atoms with Gasteiger partial charge in [-0.1, -0.05) is 104 Å². The molecule has 1 aromatic rings. The number of nitrogens with one attached hydrogen (secondary N) is 1. The Kier molecular flexibility index (Phi) is 16.5. The molecule has 0 spiro atoms. The monoisotopic (exact) mass is 406 g/mol. The highest BCUT2D eigenvalue weighted by atomic mass is 31.1. The van der Waals surface area contributed by atoms with Crippen molar-refractivity contribution in [2.45, 2.75) is 129 Å². The van der Waals surface area contributed by atoms with Gasteiger partial charge >= 0.3 is 0 Å². The van der Waals surface area contributed by atoms with Crippen LogP contribution < -0.4 is 10.3 Å². The van der Waals surface area contributed by atoms with Gasteiger partial charge in [0.1, 0.15) is 0 Å². The van der Waals surface area contributed by atoms with Crippen LogP contribution in [0.1, 0.15) is 128 Å². The molecule has 1 N–H and O–H groups in total. The Morgan fingerprint density at radius 3 is 1.64 bits per heavy atom. The van der Waals surface area contributed by atoms with Crippen molar-refractivity contribution in [1.82, 2.24) is 0 Å². The van der Waals surface area contributed by atoms with Crippen LogP contribution in [0.4, 0.5) is 0 Å². The second-order valence-corrected chi connectivity index (χ2v) is 9.03. The van der Waals surface area contributed by atoms with Gasteiger partial charge in [0, 0.05) is 18.1 Å². The molecule has 0 aromatic carbocycles. The maximum atomic E-state index is 11.6. The molecule has 1 heterocycles. The summed E-state index contributed by atoms with van der Waals surface area (Å²) in [4.78, 5) is 3.46. The Morgan fingerprint density at radius 1 is 0.679 bits per heavy atom. The van der Waals surface area contributed by atoms with Crippen molar-refractivity contribution in [1.29, 1.82) is 0 Å². The minimum atomic E-state index is 0.172. The molecule has 0 unspecified atom stereocenters.